The predicted octanol–water partition coefficient (Wildman–Crippen LogP) is 2.19. The van der Waals surface area contributed by atoms with E-state index in [1.807, 2.05) is 31.2 Å². The van der Waals surface area contributed by atoms with Gasteiger partial charge in [-0.2, -0.15) is 0 Å². The summed E-state index contributed by atoms with van der Waals surface area (Å²) in [6.45, 7) is 2.29. The van der Waals surface area contributed by atoms with Gasteiger partial charge in [-0.3, -0.25) is 4.79 Å². The second-order valence-corrected chi connectivity index (χ2v) is 5.67. The maximum atomic E-state index is 11.7. The van der Waals surface area contributed by atoms with Crippen LogP contribution in [0.1, 0.15) is 37.7 Å². The molecule has 0 spiro atoms. The zero-order valence-electron chi connectivity index (χ0n) is 12.0. The van der Waals surface area contributed by atoms with E-state index in [4.69, 9.17) is 4.74 Å². The third-order valence-electron chi connectivity index (χ3n) is 3.76. The van der Waals surface area contributed by atoms with E-state index in [0.29, 0.717) is 12.3 Å². The van der Waals surface area contributed by atoms with Gasteiger partial charge in [-0.1, -0.05) is 31.4 Å². The highest BCUT2D eigenvalue weighted by atomic mass is 16.5. The average molecular weight is 277 g/mol. The summed E-state index contributed by atoms with van der Waals surface area (Å²) in [5.41, 5.74) is 0.372. The normalized spacial score (nSPS) is 17.5. The summed E-state index contributed by atoms with van der Waals surface area (Å²) in [7, 11) is 0. The molecular weight excluding hydrogens is 254 g/mol. The quantitative estimate of drug-likeness (QED) is 0.867. The number of amides is 1. The molecule has 1 aromatic carbocycles. The monoisotopic (exact) mass is 277 g/mol. The third kappa shape index (κ3) is 4.53. The number of hydrogen-bond donors (Lipinski definition) is 2. The van der Waals surface area contributed by atoms with Crippen molar-refractivity contribution in [1.29, 1.82) is 0 Å². The topological polar surface area (TPSA) is 58.6 Å². The Morgan fingerprint density at radius 2 is 2.10 bits per heavy atom. The number of ether oxygens (including phenoxy) is 1. The van der Waals surface area contributed by atoms with Crippen LogP contribution in [-0.2, 0) is 4.79 Å². The number of carbonyl (C=O) groups is 1. The molecule has 0 bridgehead atoms. The first kappa shape index (κ1) is 14.9. The van der Waals surface area contributed by atoms with Gasteiger partial charge in [-0.05, 0) is 37.5 Å². The van der Waals surface area contributed by atoms with E-state index < -0.39 is 5.60 Å². The van der Waals surface area contributed by atoms with Crippen molar-refractivity contribution in [3.8, 4) is 5.75 Å². The molecule has 2 rings (SSSR count). The second-order valence-electron chi connectivity index (χ2n) is 5.67. The summed E-state index contributed by atoms with van der Waals surface area (Å²) in [6, 6.07) is 7.59. The van der Waals surface area contributed by atoms with Gasteiger partial charge >= 0.3 is 0 Å². The van der Waals surface area contributed by atoms with Crippen molar-refractivity contribution in [3.63, 3.8) is 0 Å². The Labute approximate surface area is 120 Å². The van der Waals surface area contributed by atoms with Crippen molar-refractivity contribution in [2.24, 2.45) is 0 Å². The van der Waals surface area contributed by atoms with Crippen LogP contribution in [0.15, 0.2) is 24.3 Å². The molecule has 0 unspecified atom stereocenters. The van der Waals surface area contributed by atoms with Gasteiger partial charge in [0, 0.05) is 6.54 Å². The Balaban J connectivity index is 1.72. The van der Waals surface area contributed by atoms with E-state index in [2.05, 4.69) is 5.32 Å². The van der Waals surface area contributed by atoms with Gasteiger partial charge in [0.2, 0.25) is 0 Å². The molecule has 1 aliphatic carbocycles. The molecule has 110 valence electrons. The molecule has 1 fully saturated rings. The maximum absolute atomic E-state index is 11.7. The Morgan fingerprint density at radius 1 is 1.35 bits per heavy atom. The van der Waals surface area contributed by atoms with E-state index in [9.17, 15) is 9.90 Å². The first-order chi connectivity index (χ1) is 9.57. The molecule has 0 heterocycles. The molecular formula is C16H23NO3. The van der Waals surface area contributed by atoms with E-state index in [1.165, 1.54) is 6.42 Å². The van der Waals surface area contributed by atoms with Crippen LogP contribution < -0.4 is 10.1 Å². The lowest BCUT2D eigenvalue weighted by atomic mass is 9.85. The smallest absolute Gasteiger partial charge is 0.258 e. The fourth-order valence-corrected chi connectivity index (χ4v) is 2.55. The number of hydrogen-bond acceptors (Lipinski definition) is 3. The summed E-state index contributed by atoms with van der Waals surface area (Å²) in [5, 5.41) is 13.1. The molecule has 2 N–H and O–H groups in total. The SMILES string of the molecule is Cc1cccc(OCC(=O)NCC2(O)CCCCC2)c1. The van der Waals surface area contributed by atoms with Crippen LogP contribution in [0, 0.1) is 6.92 Å². The summed E-state index contributed by atoms with van der Waals surface area (Å²) in [5.74, 6) is 0.502. The van der Waals surface area contributed by atoms with Crippen LogP contribution in [0.25, 0.3) is 0 Å². The number of carbonyl (C=O) groups excluding carboxylic acids is 1. The van der Waals surface area contributed by atoms with Crippen molar-refractivity contribution >= 4 is 5.91 Å². The average Bonchev–Trinajstić information content (AvgIpc) is 2.44. The minimum Gasteiger partial charge on any atom is -0.484 e. The van der Waals surface area contributed by atoms with Crippen molar-refractivity contribution in [3.05, 3.63) is 29.8 Å². The van der Waals surface area contributed by atoms with Gasteiger partial charge in [0.05, 0.1) is 5.60 Å². The first-order valence-electron chi connectivity index (χ1n) is 7.26. The molecule has 0 saturated heterocycles. The second kappa shape index (κ2) is 6.75. The zero-order chi connectivity index (χ0) is 14.4. The van der Waals surface area contributed by atoms with Gasteiger partial charge in [0.25, 0.3) is 5.91 Å². The van der Waals surface area contributed by atoms with Crippen LogP contribution in [0.5, 0.6) is 5.75 Å². The maximum Gasteiger partial charge on any atom is 0.258 e. The van der Waals surface area contributed by atoms with Crippen molar-refractivity contribution in [2.45, 2.75) is 44.6 Å². The predicted molar refractivity (Wildman–Crippen MR) is 77.7 cm³/mol. The molecule has 20 heavy (non-hydrogen) atoms. The van der Waals surface area contributed by atoms with Gasteiger partial charge < -0.3 is 15.2 Å². The Bertz CT molecular complexity index is 453. The molecule has 0 atom stereocenters. The van der Waals surface area contributed by atoms with Gasteiger partial charge in [-0.25, -0.2) is 0 Å². The van der Waals surface area contributed by atoms with Crippen LogP contribution in [0.4, 0.5) is 0 Å². The Hall–Kier alpha value is -1.55. The molecule has 1 aromatic rings. The lowest BCUT2D eigenvalue weighted by Crippen LogP contribution is -2.45. The number of rotatable bonds is 5. The van der Waals surface area contributed by atoms with Crippen molar-refractivity contribution in [1.82, 2.24) is 5.32 Å². The van der Waals surface area contributed by atoms with Crippen LogP contribution in [0.3, 0.4) is 0 Å². The lowest BCUT2D eigenvalue weighted by molar-refractivity contribution is -0.124. The molecule has 4 heteroatoms. The van der Waals surface area contributed by atoms with Gasteiger partial charge in [0.1, 0.15) is 5.75 Å². The standard InChI is InChI=1S/C16H23NO3/c1-13-6-5-7-14(10-13)20-11-15(18)17-12-16(19)8-3-2-4-9-16/h5-7,10,19H,2-4,8-9,11-12H2,1H3,(H,17,18). The van der Waals surface area contributed by atoms with Gasteiger partial charge in [0.15, 0.2) is 6.61 Å². The Morgan fingerprint density at radius 3 is 2.80 bits per heavy atom. The molecule has 4 nitrogen and oxygen atoms in total. The number of benzene rings is 1. The van der Waals surface area contributed by atoms with Crippen LogP contribution in [0.2, 0.25) is 0 Å². The third-order valence-corrected chi connectivity index (χ3v) is 3.76. The van der Waals surface area contributed by atoms with E-state index in [0.717, 1.165) is 31.2 Å². The summed E-state index contributed by atoms with van der Waals surface area (Å²) in [4.78, 5) is 11.7. The van der Waals surface area contributed by atoms with E-state index in [-0.39, 0.29) is 12.5 Å². The highest BCUT2D eigenvalue weighted by Crippen LogP contribution is 2.27. The molecule has 1 aliphatic rings. The zero-order valence-corrected chi connectivity index (χ0v) is 12.0. The van der Waals surface area contributed by atoms with Crippen LogP contribution >= 0.6 is 0 Å². The number of aryl methyl sites for hydroxylation is 1. The molecule has 1 saturated carbocycles. The fourth-order valence-electron chi connectivity index (χ4n) is 2.55. The molecule has 0 radical (unpaired) electrons. The first-order valence-corrected chi connectivity index (χ1v) is 7.26. The molecule has 0 aliphatic heterocycles. The highest BCUT2D eigenvalue weighted by molar-refractivity contribution is 5.77. The fraction of sp³-hybridized carbons (Fsp3) is 0.562. The summed E-state index contributed by atoms with van der Waals surface area (Å²) in [6.07, 6.45) is 4.78. The Kier molecular flexibility index (Phi) is 5.01. The molecule has 0 aromatic heterocycles. The minimum atomic E-state index is -0.725. The summed E-state index contributed by atoms with van der Waals surface area (Å²) >= 11 is 0. The van der Waals surface area contributed by atoms with E-state index >= 15 is 0 Å². The molecule has 1 amide bonds. The lowest BCUT2D eigenvalue weighted by Gasteiger charge is -2.32. The highest BCUT2D eigenvalue weighted by Gasteiger charge is 2.29. The van der Waals surface area contributed by atoms with E-state index in [1.54, 1.807) is 0 Å². The minimum absolute atomic E-state index is 0.0144. The van der Waals surface area contributed by atoms with Crippen molar-refractivity contribution in [2.75, 3.05) is 13.2 Å². The van der Waals surface area contributed by atoms with Gasteiger partial charge in [-0.15, -0.1) is 0 Å². The largest absolute Gasteiger partial charge is 0.484 e. The van der Waals surface area contributed by atoms with Crippen molar-refractivity contribution < 1.29 is 14.6 Å². The van der Waals surface area contributed by atoms with Crippen LogP contribution in [-0.4, -0.2) is 29.8 Å². The number of aliphatic hydroxyl groups is 1. The summed E-state index contributed by atoms with van der Waals surface area (Å²) < 4.78 is 5.43. The number of nitrogens with one attached hydrogen (secondary N) is 1.